The molecule has 1 nitrogen and oxygen atoms in total. The van der Waals surface area contributed by atoms with Gasteiger partial charge in [0.1, 0.15) is 0 Å². The summed E-state index contributed by atoms with van der Waals surface area (Å²) < 4.78 is 0. The van der Waals surface area contributed by atoms with E-state index in [2.05, 4.69) is 20.4 Å². The van der Waals surface area contributed by atoms with E-state index in [0.717, 1.165) is 12.1 Å². The second kappa shape index (κ2) is 3.53. The highest BCUT2D eigenvalue weighted by atomic mass is 14.6. The molecule has 48 valence electrons. The van der Waals surface area contributed by atoms with Crippen molar-refractivity contribution in [3.63, 3.8) is 0 Å². The van der Waals surface area contributed by atoms with Crippen LogP contribution in [0.25, 0.3) is 0 Å². The van der Waals surface area contributed by atoms with Crippen molar-refractivity contribution >= 4 is 0 Å². The highest BCUT2D eigenvalue weighted by Gasteiger charge is 1.98. The summed E-state index contributed by atoms with van der Waals surface area (Å²) in [7, 11) is 0. The molecule has 8 heavy (non-hydrogen) atoms. The van der Waals surface area contributed by atoms with E-state index in [4.69, 9.17) is 5.73 Å². The fourth-order valence-electron chi connectivity index (χ4n) is 0.618. The van der Waals surface area contributed by atoms with Crippen molar-refractivity contribution in [1.29, 1.82) is 0 Å². The molecule has 1 heteroatoms. The molecule has 0 spiro atoms. The first-order valence-corrected chi connectivity index (χ1v) is 3.12. The van der Waals surface area contributed by atoms with Gasteiger partial charge in [0.15, 0.2) is 0 Å². The van der Waals surface area contributed by atoms with Crippen molar-refractivity contribution in [2.75, 3.05) is 0 Å². The lowest BCUT2D eigenvalue weighted by atomic mass is 10.0. The topological polar surface area (TPSA) is 26.0 Å². The quantitative estimate of drug-likeness (QED) is 0.594. The summed E-state index contributed by atoms with van der Waals surface area (Å²) in [5.74, 6) is 0.500. The van der Waals surface area contributed by atoms with Gasteiger partial charge in [-0.15, -0.1) is 0 Å². The van der Waals surface area contributed by atoms with E-state index in [1.165, 1.54) is 6.42 Å². The van der Waals surface area contributed by atoms with Crippen LogP contribution in [-0.2, 0) is 0 Å². The first-order valence-electron chi connectivity index (χ1n) is 3.12. The SMILES string of the molecule is C=C(N)[C@@H](C)CCC. The van der Waals surface area contributed by atoms with Crippen LogP contribution in [0.2, 0.25) is 0 Å². The molecule has 0 saturated heterocycles. The van der Waals surface area contributed by atoms with Crippen LogP contribution in [0.1, 0.15) is 26.7 Å². The number of rotatable bonds is 3. The second-order valence-corrected chi connectivity index (χ2v) is 2.26. The Bertz CT molecular complexity index is 76.5. The zero-order chi connectivity index (χ0) is 6.57. The predicted octanol–water partition coefficient (Wildman–Crippen LogP) is 1.90. The maximum atomic E-state index is 5.43. The van der Waals surface area contributed by atoms with Gasteiger partial charge in [-0.25, -0.2) is 0 Å². The lowest BCUT2D eigenvalue weighted by Gasteiger charge is -2.06. The van der Waals surface area contributed by atoms with E-state index in [-0.39, 0.29) is 0 Å². The highest BCUT2D eigenvalue weighted by molar-refractivity contribution is 4.91. The number of nitrogens with two attached hydrogens (primary N) is 1. The van der Waals surface area contributed by atoms with Gasteiger partial charge >= 0.3 is 0 Å². The van der Waals surface area contributed by atoms with Crippen molar-refractivity contribution in [3.05, 3.63) is 12.3 Å². The Labute approximate surface area is 51.6 Å². The van der Waals surface area contributed by atoms with Crippen LogP contribution in [0.3, 0.4) is 0 Å². The summed E-state index contributed by atoms with van der Waals surface area (Å²) in [6.45, 7) is 7.91. The van der Waals surface area contributed by atoms with Gasteiger partial charge in [-0.2, -0.15) is 0 Å². The molecule has 0 aromatic carbocycles. The average Bonchev–Trinajstić information content (AvgIpc) is 1.67. The zero-order valence-electron chi connectivity index (χ0n) is 5.78. The monoisotopic (exact) mass is 113 g/mol. The number of allylic oxidation sites excluding steroid dienone is 1. The largest absolute Gasteiger partial charge is 0.402 e. The molecule has 0 aliphatic heterocycles. The highest BCUT2D eigenvalue weighted by Crippen LogP contribution is 2.08. The molecule has 0 bridgehead atoms. The summed E-state index contributed by atoms with van der Waals surface area (Å²) >= 11 is 0. The molecule has 0 saturated carbocycles. The molecule has 0 fully saturated rings. The van der Waals surface area contributed by atoms with E-state index in [1.54, 1.807) is 0 Å². The van der Waals surface area contributed by atoms with Gasteiger partial charge in [0.05, 0.1) is 0 Å². The average molecular weight is 113 g/mol. The van der Waals surface area contributed by atoms with Gasteiger partial charge < -0.3 is 5.73 Å². The Morgan fingerprint density at radius 3 is 2.38 bits per heavy atom. The summed E-state index contributed by atoms with van der Waals surface area (Å²) in [6.07, 6.45) is 2.35. The fraction of sp³-hybridized carbons (Fsp3) is 0.714. The van der Waals surface area contributed by atoms with E-state index in [1.807, 2.05) is 0 Å². The molecule has 0 aliphatic rings. The molecule has 0 rings (SSSR count). The third-order valence-corrected chi connectivity index (χ3v) is 1.35. The van der Waals surface area contributed by atoms with Crippen molar-refractivity contribution in [2.45, 2.75) is 26.7 Å². The van der Waals surface area contributed by atoms with Crippen LogP contribution in [0.15, 0.2) is 12.3 Å². The summed E-state index contributed by atoms with van der Waals surface area (Å²) in [6, 6.07) is 0. The molecule has 0 aromatic rings. The molecule has 0 aliphatic carbocycles. The molecule has 0 unspecified atom stereocenters. The third-order valence-electron chi connectivity index (χ3n) is 1.35. The van der Waals surface area contributed by atoms with Crippen LogP contribution in [0.4, 0.5) is 0 Å². The fourth-order valence-corrected chi connectivity index (χ4v) is 0.618. The van der Waals surface area contributed by atoms with Crippen molar-refractivity contribution in [2.24, 2.45) is 11.7 Å². The number of hydrogen-bond donors (Lipinski definition) is 1. The van der Waals surface area contributed by atoms with Crippen LogP contribution in [0.5, 0.6) is 0 Å². The standard InChI is InChI=1S/C7H15N/c1-4-5-6(2)7(3)8/h6H,3-5,8H2,1-2H3/t6-/m0/s1. The smallest absolute Gasteiger partial charge is 0.00362 e. The Morgan fingerprint density at radius 1 is 1.75 bits per heavy atom. The number of hydrogen-bond acceptors (Lipinski definition) is 1. The molecule has 2 N–H and O–H groups in total. The summed E-state index contributed by atoms with van der Waals surface area (Å²) in [5, 5.41) is 0. The van der Waals surface area contributed by atoms with Crippen molar-refractivity contribution < 1.29 is 0 Å². The molecule has 1 atom stereocenters. The Balaban J connectivity index is 3.32. The first kappa shape index (κ1) is 7.54. The first-order chi connectivity index (χ1) is 3.68. The maximum absolute atomic E-state index is 5.43. The van der Waals surface area contributed by atoms with E-state index >= 15 is 0 Å². The molecule has 0 amide bonds. The second-order valence-electron chi connectivity index (χ2n) is 2.26. The van der Waals surface area contributed by atoms with Crippen LogP contribution < -0.4 is 5.73 Å². The minimum Gasteiger partial charge on any atom is -0.402 e. The minimum atomic E-state index is 0.500. The van der Waals surface area contributed by atoms with Gasteiger partial charge in [-0.05, 0) is 12.3 Å². The van der Waals surface area contributed by atoms with Gasteiger partial charge in [0.25, 0.3) is 0 Å². The molecular formula is C7H15N. The lowest BCUT2D eigenvalue weighted by Crippen LogP contribution is -2.05. The maximum Gasteiger partial charge on any atom is 0.00362 e. The van der Waals surface area contributed by atoms with Gasteiger partial charge in [-0.1, -0.05) is 26.8 Å². The normalized spacial score (nSPS) is 13.2. The predicted molar refractivity (Wildman–Crippen MR) is 37.4 cm³/mol. The molecule has 0 aromatic heterocycles. The van der Waals surface area contributed by atoms with Gasteiger partial charge in [0, 0.05) is 5.70 Å². The van der Waals surface area contributed by atoms with Crippen molar-refractivity contribution in [1.82, 2.24) is 0 Å². The molecule has 0 heterocycles. The third kappa shape index (κ3) is 2.67. The van der Waals surface area contributed by atoms with Crippen LogP contribution in [-0.4, -0.2) is 0 Å². The Morgan fingerprint density at radius 2 is 2.25 bits per heavy atom. The van der Waals surface area contributed by atoms with E-state index in [9.17, 15) is 0 Å². The van der Waals surface area contributed by atoms with Crippen molar-refractivity contribution in [3.8, 4) is 0 Å². The zero-order valence-corrected chi connectivity index (χ0v) is 5.78. The Hall–Kier alpha value is -0.460. The molecular weight excluding hydrogens is 98.1 g/mol. The Kier molecular flexibility index (Phi) is 3.33. The summed E-state index contributed by atoms with van der Waals surface area (Å²) in [4.78, 5) is 0. The van der Waals surface area contributed by atoms with Gasteiger partial charge in [0.2, 0.25) is 0 Å². The van der Waals surface area contributed by atoms with Gasteiger partial charge in [-0.3, -0.25) is 0 Å². The minimum absolute atomic E-state index is 0.500. The van der Waals surface area contributed by atoms with Crippen LogP contribution in [0, 0.1) is 5.92 Å². The molecule has 0 radical (unpaired) electrons. The van der Waals surface area contributed by atoms with E-state index in [0.29, 0.717) is 5.92 Å². The summed E-state index contributed by atoms with van der Waals surface area (Å²) in [5.41, 5.74) is 6.24. The lowest BCUT2D eigenvalue weighted by molar-refractivity contribution is 0.598. The van der Waals surface area contributed by atoms with Crippen LogP contribution >= 0.6 is 0 Å². The van der Waals surface area contributed by atoms with E-state index < -0.39 is 0 Å².